The van der Waals surface area contributed by atoms with E-state index in [4.69, 9.17) is 5.73 Å². The summed E-state index contributed by atoms with van der Waals surface area (Å²) >= 11 is 0. The summed E-state index contributed by atoms with van der Waals surface area (Å²) in [5.41, 5.74) is 4.95. The fraction of sp³-hybridized carbons (Fsp3) is 0.800. The molecular formula is C10H17NNa2O4Si. The summed E-state index contributed by atoms with van der Waals surface area (Å²) < 4.78 is 0. The molecule has 0 aliphatic rings. The first kappa shape index (κ1) is 24.2. The summed E-state index contributed by atoms with van der Waals surface area (Å²) in [6.45, 7) is 3.48. The first-order valence-corrected chi connectivity index (χ1v) is 6.28. The smallest absolute Gasteiger partial charge is 0.863 e. The fourth-order valence-corrected chi connectivity index (χ4v) is 1.97. The first-order valence-electron chi connectivity index (χ1n) is 5.30. The van der Waals surface area contributed by atoms with Crippen molar-refractivity contribution in [3.63, 3.8) is 0 Å². The third-order valence-electron chi connectivity index (χ3n) is 2.64. The Bertz CT molecular complexity index is 256. The minimum atomic E-state index is -1.20. The van der Waals surface area contributed by atoms with Crippen molar-refractivity contribution in [3.8, 4) is 0 Å². The summed E-state index contributed by atoms with van der Waals surface area (Å²) in [6.07, 6.45) is 0.935. The second-order valence-corrected chi connectivity index (χ2v) is 5.24. The molecule has 0 aliphatic carbocycles. The van der Waals surface area contributed by atoms with Gasteiger partial charge in [0, 0.05) is 11.9 Å². The van der Waals surface area contributed by atoms with E-state index in [1.807, 2.05) is 0 Å². The second kappa shape index (κ2) is 13.1. The summed E-state index contributed by atoms with van der Waals surface area (Å²) in [4.78, 5) is 32.5. The number of hydrogen-bond donors (Lipinski definition) is 1. The Morgan fingerprint density at radius 1 is 1.22 bits per heavy atom. The van der Waals surface area contributed by atoms with E-state index in [0.717, 1.165) is 0 Å². The quantitative estimate of drug-likeness (QED) is 0.448. The van der Waals surface area contributed by atoms with E-state index in [1.165, 1.54) is 0 Å². The number of amides is 1. The van der Waals surface area contributed by atoms with Crippen LogP contribution < -0.4 is 74.8 Å². The van der Waals surface area contributed by atoms with E-state index in [9.17, 15) is 19.5 Å². The van der Waals surface area contributed by atoms with Gasteiger partial charge >= 0.3 is 59.1 Å². The van der Waals surface area contributed by atoms with Crippen molar-refractivity contribution in [1.82, 2.24) is 0 Å². The molecule has 0 saturated heterocycles. The number of rotatable bonds is 8. The van der Waals surface area contributed by atoms with Crippen LogP contribution in [0.15, 0.2) is 0 Å². The molecule has 0 aromatic rings. The molecule has 0 spiro atoms. The third kappa shape index (κ3) is 9.97. The minimum absolute atomic E-state index is 0. The molecule has 2 radical (unpaired) electrons. The molecule has 0 heterocycles. The largest absolute Gasteiger partial charge is 1.00 e. The monoisotopic (exact) mass is 289 g/mol. The predicted molar refractivity (Wildman–Crippen MR) is 55.9 cm³/mol. The van der Waals surface area contributed by atoms with Crippen LogP contribution in [0.3, 0.4) is 0 Å². The van der Waals surface area contributed by atoms with Crippen molar-refractivity contribution >= 4 is 21.6 Å². The predicted octanol–water partition coefficient (Wildman–Crippen LogP) is -7.56. The van der Waals surface area contributed by atoms with Crippen molar-refractivity contribution in [2.75, 3.05) is 0 Å². The van der Waals surface area contributed by atoms with Crippen LogP contribution in [0.5, 0.6) is 0 Å². The van der Waals surface area contributed by atoms with Crippen molar-refractivity contribution in [1.29, 1.82) is 0 Å². The molecule has 0 aliphatic heterocycles. The average Bonchev–Trinajstić information content (AvgIpc) is 2.22. The number of nitrogens with two attached hydrogens (primary N) is 1. The van der Waals surface area contributed by atoms with Gasteiger partial charge in [0.15, 0.2) is 0 Å². The zero-order chi connectivity index (χ0) is 12.7. The van der Waals surface area contributed by atoms with E-state index in [-0.39, 0.29) is 77.5 Å². The molecule has 92 valence electrons. The van der Waals surface area contributed by atoms with Crippen LogP contribution in [-0.4, -0.2) is 21.6 Å². The molecule has 0 aromatic heterocycles. The molecule has 0 rings (SSSR count). The third-order valence-corrected chi connectivity index (χ3v) is 3.27. The Labute approximate surface area is 155 Å². The van der Waals surface area contributed by atoms with Gasteiger partial charge in [0.05, 0.1) is 0 Å². The maximum atomic E-state index is 11.0. The van der Waals surface area contributed by atoms with Crippen LogP contribution in [0.25, 0.3) is 0 Å². The second-order valence-electron chi connectivity index (χ2n) is 4.01. The van der Waals surface area contributed by atoms with Crippen LogP contribution in [0.2, 0.25) is 5.54 Å². The fourth-order valence-electron chi connectivity index (χ4n) is 1.59. The maximum absolute atomic E-state index is 11.0. The molecule has 8 heteroatoms. The van der Waals surface area contributed by atoms with Gasteiger partial charge in [-0.25, -0.2) is 0 Å². The van der Waals surface area contributed by atoms with Gasteiger partial charge in [-0.05, 0) is 25.2 Å². The van der Waals surface area contributed by atoms with Crippen LogP contribution in [0.4, 0.5) is 0 Å². The standard InChI is InChI=1S/C10H18NO4Si.2Na/c1-3-7(9(11)12)5-8(10(13)14)4-6(2)16-15;;/h6-8H,3-5H2,1-2H3,(H2,11,12)(H,13,14);;/q-1;2*+1/p-1/t6?,7-,8+;;/m1../s1. The maximum Gasteiger partial charge on any atom is 1.00 e. The van der Waals surface area contributed by atoms with Gasteiger partial charge in [0.25, 0.3) is 0 Å². The summed E-state index contributed by atoms with van der Waals surface area (Å²) in [6, 6.07) is 0. The van der Waals surface area contributed by atoms with E-state index in [0.29, 0.717) is 6.42 Å². The number of hydrogen-bond acceptors (Lipinski definition) is 4. The molecule has 1 unspecified atom stereocenters. The van der Waals surface area contributed by atoms with Crippen LogP contribution >= 0.6 is 0 Å². The van der Waals surface area contributed by atoms with E-state index >= 15 is 0 Å². The van der Waals surface area contributed by atoms with Crippen LogP contribution in [0, 0.1) is 11.8 Å². The Balaban J connectivity index is -0.00000112. The van der Waals surface area contributed by atoms with Crippen LogP contribution in [-0.2, 0) is 9.59 Å². The molecular weight excluding hydrogens is 272 g/mol. The number of carboxylic acids is 1. The number of aliphatic carboxylic acids is 1. The summed E-state index contributed by atoms with van der Waals surface area (Å²) in [7, 11) is -0.548. The molecule has 18 heavy (non-hydrogen) atoms. The van der Waals surface area contributed by atoms with Gasteiger partial charge in [-0.1, -0.05) is 29.2 Å². The Morgan fingerprint density at radius 3 is 2.00 bits per heavy atom. The van der Waals surface area contributed by atoms with Crippen molar-refractivity contribution in [2.45, 2.75) is 38.7 Å². The number of primary amides is 1. The van der Waals surface area contributed by atoms with Crippen molar-refractivity contribution < 1.29 is 78.6 Å². The van der Waals surface area contributed by atoms with E-state index < -0.39 is 33.5 Å². The molecule has 0 fully saturated rings. The summed E-state index contributed by atoms with van der Waals surface area (Å²) in [5.74, 6) is -2.91. The van der Waals surface area contributed by atoms with Crippen LogP contribution in [0.1, 0.15) is 33.1 Å². The normalized spacial score (nSPS) is 14.6. The van der Waals surface area contributed by atoms with Gasteiger partial charge in [-0.2, -0.15) is 0 Å². The zero-order valence-corrected chi connectivity index (χ0v) is 16.6. The molecule has 5 nitrogen and oxygen atoms in total. The van der Waals surface area contributed by atoms with Gasteiger partial charge in [0.2, 0.25) is 5.91 Å². The molecule has 0 bridgehead atoms. The Hall–Kier alpha value is 1.12. The van der Waals surface area contributed by atoms with E-state index in [2.05, 4.69) is 0 Å². The van der Waals surface area contributed by atoms with E-state index in [1.54, 1.807) is 13.8 Å². The minimum Gasteiger partial charge on any atom is -0.863 e. The number of carbonyl (C=O) groups excluding carboxylic acids is 2. The van der Waals surface area contributed by atoms with Gasteiger partial charge in [-0.3, -0.25) is 4.79 Å². The zero-order valence-electron chi connectivity index (χ0n) is 11.6. The molecule has 1 amide bonds. The SMILES string of the molecule is CC[C@H](C[C@H](CC(C)[Si][O-])C(=O)[O-])C(N)=O.[Na+].[Na+]. The summed E-state index contributed by atoms with van der Waals surface area (Å²) in [5, 5.41) is 10.9. The molecule has 3 atom stereocenters. The molecule has 0 aromatic carbocycles. The Kier molecular flexibility index (Phi) is 17.6. The van der Waals surface area contributed by atoms with Gasteiger partial charge < -0.3 is 20.4 Å². The Morgan fingerprint density at radius 2 is 1.72 bits per heavy atom. The first-order chi connectivity index (χ1) is 7.42. The van der Waals surface area contributed by atoms with Crippen molar-refractivity contribution in [3.05, 3.63) is 0 Å². The number of carboxylic acid groups (broad SMARTS) is 1. The molecule has 0 saturated carbocycles. The average molecular weight is 289 g/mol. The van der Waals surface area contributed by atoms with Gasteiger partial charge in [0.1, 0.15) is 0 Å². The van der Waals surface area contributed by atoms with Gasteiger partial charge in [-0.15, -0.1) is 0 Å². The number of carbonyl (C=O) groups is 2. The molecule has 2 N–H and O–H groups in total. The topological polar surface area (TPSA) is 106 Å². The van der Waals surface area contributed by atoms with Crippen molar-refractivity contribution in [2.24, 2.45) is 17.6 Å².